The van der Waals surface area contributed by atoms with E-state index in [-0.39, 0.29) is 0 Å². The van der Waals surface area contributed by atoms with Crippen LogP contribution in [0.15, 0.2) is 29.3 Å². The summed E-state index contributed by atoms with van der Waals surface area (Å²) in [5, 5.41) is 8.51. The van der Waals surface area contributed by atoms with E-state index in [1.165, 1.54) is 0 Å². The molecule has 0 atom stereocenters. The maximum atomic E-state index is 8.51. The summed E-state index contributed by atoms with van der Waals surface area (Å²) >= 11 is 0. The topological polar surface area (TPSA) is 62.2 Å². The molecule has 1 aromatic rings. The van der Waals surface area contributed by atoms with Crippen molar-refractivity contribution in [3.05, 3.63) is 35.4 Å². The minimum absolute atomic E-state index is 0.486. The lowest BCUT2D eigenvalue weighted by atomic mass is 10.1. The molecule has 1 rings (SSSR count). The predicted molar refractivity (Wildman–Crippen MR) is 59.2 cm³/mol. The lowest BCUT2D eigenvalue weighted by Gasteiger charge is -1.97. The van der Waals surface area contributed by atoms with Crippen molar-refractivity contribution in [3.8, 4) is 6.07 Å². The van der Waals surface area contributed by atoms with Crippen molar-refractivity contribution >= 4 is 5.84 Å². The second-order valence-corrected chi connectivity index (χ2v) is 2.30. The van der Waals surface area contributed by atoms with Gasteiger partial charge in [-0.1, -0.05) is 13.8 Å². The number of rotatable bonds is 1. The third kappa shape index (κ3) is 3.28. The molecular formula is C11H15N3. The Hall–Kier alpha value is -1.82. The third-order valence-electron chi connectivity index (χ3n) is 1.55. The van der Waals surface area contributed by atoms with Gasteiger partial charge in [-0.25, -0.2) is 0 Å². The van der Waals surface area contributed by atoms with Crippen LogP contribution in [0.3, 0.4) is 0 Å². The summed E-state index contributed by atoms with van der Waals surface area (Å²) in [7, 11) is 1.63. The molecule has 0 spiro atoms. The lowest BCUT2D eigenvalue weighted by molar-refractivity contribution is 1.38. The highest BCUT2D eigenvalue weighted by molar-refractivity contribution is 5.97. The Labute approximate surface area is 84.9 Å². The van der Waals surface area contributed by atoms with Crippen LogP contribution in [0.25, 0.3) is 0 Å². The zero-order chi connectivity index (χ0) is 11.0. The first kappa shape index (κ1) is 12.2. The predicted octanol–water partition coefficient (Wildman–Crippen LogP) is 1.92. The van der Waals surface area contributed by atoms with Gasteiger partial charge in [0.15, 0.2) is 0 Å². The number of nitriles is 1. The smallest absolute Gasteiger partial charge is 0.125 e. The summed E-state index contributed by atoms with van der Waals surface area (Å²) in [5.41, 5.74) is 7.02. The third-order valence-corrected chi connectivity index (χ3v) is 1.55. The summed E-state index contributed by atoms with van der Waals surface area (Å²) in [6.45, 7) is 4.00. The second-order valence-electron chi connectivity index (χ2n) is 2.30. The molecule has 0 aliphatic carbocycles. The maximum Gasteiger partial charge on any atom is 0.125 e. The highest BCUT2D eigenvalue weighted by atomic mass is 14.8. The Balaban J connectivity index is 0.000000791. The van der Waals surface area contributed by atoms with Crippen molar-refractivity contribution in [2.24, 2.45) is 10.7 Å². The van der Waals surface area contributed by atoms with E-state index in [0.717, 1.165) is 5.56 Å². The van der Waals surface area contributed by atoms with Crippen LogP contribution in [0.2, 0.25) is 0 Å². The van der Waals surface area contributed by atoms with Crippen LogP contribution in [0, 0.1) is 11.3 Å². The average Bonchev–Trinajstić information content (AvgIpc) is 2.31. The molecule has 0 unspecified atom stereocenters. The molecule has 14 heavy (non-hydrogen) atoms. The van der Waals surface area contributed by atoms with Crippen LogP contribution in [-0.2, 0) is 0 Å². The molecule has 0 amide bonds. The van der Waals surface area contributed by atoms with Crippen molar-refractivity contribution in [3.63, 3.8) is 0 Å². The number of amidine groups is 1. The SMILES string of the molecule is CC.CN=C(N)c1ccc(C#N)cc1. The fraction of sp³-hybridized carbons (Fsp3) is 0.273. The number of hydrogen-bond donors (Lipinski definition) is 1. The molecule has 74 valence electrons. The van der Waals surface area contributed by atoms with Crippen LogP contribution in [-0.4, -0.2) is 12.9 Å². The summed E-state index contributed by atoms with van der Waals surface area (Å²) < 4.78 is 0. The molecule has 0 heterocycles. The highest BCUT2D eigenvalue weighted by Crippen LogP contribution is 2.02. The molecule has 0 saturated carbocycles. The van der Waals surface area contributed by atoms with Crippen molar-refractivity contribution in [1.29, 1.82) is 5.26 Å². The van der Waals surface area contributed by atoms with E-state index in [2.05, 4.69) is 4.99 Å². The summed E-state index contributed by atoms with van der Waals surface area (Å²) in [4.78, 5) is 3.83. The van der Waals surface area contributed by atoms with Gasteiger partial charge >= 0.3 is 0 Å². The quantitative estimate of drug-likeness (QED) is 0.542. The maximum absolute atomic E-state index is 8.51. The fourth-order valence-electron chi connectivity index (χ4n) is 0.845. The lowest BCUT2D eigenvalue weighted by Crippen LogP contribution is -2.12. The molecule has 3 nitrogen and oxygen atoms in total. The van der Waals surface area contributed by atoms with Crippen LogP contribution in [0.1, 0.15) is 25.0 Å². The van der Waals surface area contributed by atoms with Gasteiger partial charge in [-0.05, 0) is 24.3 Å². The number of benzene rings is 1. The van der Waals surface area contributed by atoms with Gasteiger partial charge < -0.3 is 5.73 Å². The Kier molecular flexibility index (Phi) is 5.80. The first-order valence-electron chi connectivity index (χ1n) is 4.50. The molecular weight excluding hydrogens is 174 g/mol. The number of aliphatic imine (C=N–C) groups is 1. The van der Waals surface area contributed by atoms with Gasteiger partial charge in [0.1, 0.15) is 5.84 Å². The van der Waals surface area contributed by atoms with Crippen LogP contribution in [0.5, 0.6) is 0 Å². The largest absolute Gasteiger partial charge is 0.384 e. The normalized spacial score (nSPS) is 9.71. The van der Waals surface area contributed by atoms with Gasteiger partial charge in [0.2, 0.25) is 0 Å². The van der Waals surface area contributed by atoms with Gasteiger partial charge in [-0.2, -0.15) is 5.26 Å². The standard InChI is InChI=1S/C9H9N3.C2H6/c1-12-9(11)8-4-2-7(6-10)3-5-8;1-2/h2-5H,1H3,(H2,11,12);1-2H3. The van der Waals surface area contributed by atoms with E-state index in [4.69, 9.17) is 11.0 Å². The van der Waals surface area contributed by atoms with E-state index < -0.39 is 0 Å². The zero-order valence-electron chi connectivity index (χ0n) is 8.78. The number of hydrogen-bond acceptors (Lipinski definition) is 2. The van der Waals surface area contributed by atoms with Gasteiger partial charge in [-0.3, -0.25) is 4.99 Å². The van der Waals surface area contributed by atoms with Gasteiger partial charge in [0.05, 0.1) is 11.6 Å². The Morgan fingerprint density at radius 3 is 2.14 bits per heavy atom. The van der Waals surface area contributed by atoms with E-state index in [9.17, 15) is 0 Å². The molecule has 0 saturated heterocycles. The van der Waals surface area contributed by atoms with Crippen molar-refractivity contribution in [2.45, 2.75) is 13.8 Å². The Morgan fingerprint density at radius 2 is 1.79 bits per heavy atom. The summed E-state index contributed by atoms with van der Waals surface area (Å²) in [6, 6.07) is 9.02. The molecule has 2 N–H and O–H groups in total. The minimum atomic E-state index is 0.486. The van der Waals surface area contributed by atoms with E-state index in [1.807, 2.05) is 19.9 Å². The van der Waals surface area contributed by atoms with Crippen molar-refractivity contribution in [2.75, 3.05) is 7.05 Å². The monoisotopic (exact) mass is 189 g/mol. The first-order chi connectivity index (χ1) is 6.77. The highest BCUT2D eigenvalue weighted by Gasteiger charge is 1.95. The molecule has 0 bridgehead atoms. The average molecular weight is 189 g/mol. The molecule has 0 aliphatic rings. The molecule has 0 aromatic heterocycles. The number of nitrogens with two attached hydrogens (primary N) is 1. The number of nitrogens with zero attached hydrogens (tertiary/aromatic N) is 2. The zero-order valence-corrected chi connectivity index (χ0v) is 8.78. The van der Waals surface area contributed by atoms with E-state index >= 15 is 0 Å². The van der Waals surface area contributed by atoms with Gasteiger partial charge in [0.25, 0.3) is 0 Å². The summed E-state index contributed by atoms with van der Waals surface area (Å²) in [6.07, 6.45) is 0. The first-order valence-corrected chi connectivity index (χ1v) is 4.50. The van der Waals surface area contributed by atoms with E-state index in [0.29, 0.717) is 11.4 Å². The van der Waals surface area contributed by atoms with Crippen molar-refractivity contribution < 1.29 is 0 Å². The minimum Gasteiger partial charge on any atom is -0.384 e. The van der Waals surface area contributed by atoms with Crippen molar-refractivity contribution in [1.82, 2.24) is 0 Å². The Morgan fingerprint density at radius 1 is 1.29 bits per heavy atom. The summed E-state index contributed by atoms with van der Waals surface area (Å²) in [5.74, 6) is 0.486. The molecule has 0 radical (unpaired) electrons. The van der Waals surface area contributed by atoms with E-state index in [1.54, 1.807) is 31.3 Å². The molecule has 1 aromatic carbocycles. The van der Waals surface area contributed by atoms with Crippen LogP contribution < -0.4 is 5.73 Å². The van der Waals surface area contributed by atoms with Crippen LogP contribution in [0.4, 0.5) is 0 Å². The Bertz CT molecular complexity index is 331. The molecule has 3 heteroatoms. The molecule has 0 aliphatic heterocycles. The van der Waals surface area contributed by atoms with Gasteiger partial charge in [-0.15, -0.1) is 0 Å². The molecule has 0 fully saturated rings. The second kappa shape index (κ2) is 6.67. The van der Waals surface area contributed by atoms with Gasteiger partial charge in [0, 0.05) is 12.6 Å². The fourth-order valence-corrected chi connectivity index (χ4v) is 0.845. The van der Waals surface area contributed by atoms with Crippen LogP contribution >= 0.6 is 0 Å².